The lowest BCUT2D eigenvalue weighted by molar-refractivity contribution is -0.122. The number of thioether (sulfide) groups is 1. The van der Waals surface area contributed by atoms with Gasteiger partial charge in [-0.25, -0.2) is 0 Å². The average molecular weight is 365 g/mol. The molecule has 2 aromatic rings. The lowest BCUT2D eigenvalue weighted by Crippen LogP contribution is -2.20. The average Bonchev–Trinajstić information content (AvgIpc) is 2.65. The van der Waals surface area contributed by atoms with Crippen molar-refractivity contribution in [3.63, 3.8) is 0 Å². The SMILES string of the molecule is Cc1ccc(NC(=O)/C(=C/C2CCCCC2=O)Sc2ccccc2)cc1. The minimum Gasteiger partial charge on any atom is -0.322 e. The van der Waals surface area contributed by atoms with Gasteiger partial charge in [0.1, 0.15) is 5.78 Å². The Labute approximate surface area is 158 Å². The maximum atomic E-state index is 12.9. The Morgan fingerprint density at radius 3 is 2.50 bits per heavy atom. The van der Waals surface area contributed by atoms with E-state index in [9.17, 15) is 9.59 Å². The molecule has 3 rings (SSSR count). The van der Waals surface area contributed by atoms with Crippen LogP contribution in [0.15, 0.2) is 70.5 Å². The monoisotopic (exact) mass is 365 g/mol. The highest BCUT2D eigenvalue weighted by Crippen LogP contribution is 2.31. The fourth-order valence-electron chi connectivity index (χ4n) is 2.97. The third-order valence-electron chi connectivity index (χ3n) is 4.46. The van der Waals surface area contributed by atoms with E-state index in [4.69, 9.17) is 0 Å². The van der Waals surface area contributed by atoms with E-state index in [2.05, 4.69) is 5.32 Å². The minimum atomic E-state index is -0.166. The van der Waals surface area contributed by atoms with E-state index >= 15 is 0 Å². The number of Topliss-reactive ketones (excluding diaryl/α,β-unsaturated/α-hetero) is 1. The first-order chi connectivity index (χ1) is 12.6. The molecule has 0 spiro atoms. The molecular formula is C22H23NO2S. The summed E-state index contributed by atoms with van der Waals surface area (Å²) in [7, 11) is 0. The highest BCUT2D eigenvalue weighted by Gasteiger charge is 2.23. The zero-order chi connectivity index (χ0) is 18.4. The summed E-state index contributed by atoms with van der Waals surface area (Å²) in [5.74, 6) is -0.0784. The normalized spacial score (nSPS) is 17.8. The summed E-state index contributed by atoms with van der Waals surface area (Å²) >= 11 is 1.41. The number of hydrogen-bond acceptors (Lipinski definition) is 3. The molecule has 134 valence electrons. The Balaban J connectivity index is 1.82. The van der Waals surface area contributed by atoms with Gasteiger partial charge < -0.3 is 5.32 Å². The summed E-state index contributed by atoms with van der Waals surface area (Å²) in [4.78, 5) is 26.7. The van der Waals surface area contributed by atoms with Gasteiger partial charge in [-0.05, 0) is 44.0 Å². The number of anilines is 1. The van der Waals surface area contributed by atoms with Gasteiger partial charge in [0.25, 0.3) is 5.91 Å². The number of aryl methyl sites for hydroxylation is 1. The third kappa shape index (κ3) is 5.09. The quantitative estimate of drug-likeness (QED) is 0.572. The summed E-state index contributed by atoms with van der Waals surface area (Å²) in [5, 5.41) is 2.95. The maximum Gasteiger partial charge on any atom is 0.262 e. The molecule has 1 fully saturated rings. The van der Waals surface area contributed by atoms with Gasteiger partial charge in [-0.3, -0.25) is 9.59 Å². The number of nitrogens with one attached hydrogen (secondary N) is 1. The Morgan fingerprint density at radius 2 is 1.81 bits per heavy atom. The second kappa shape index (κ2) is 8.86. The van der Waals surface area contributed by atoms with E-state index < -0.39 is 0 Å². The molecule has 26 heavy (non-hydrogen) atoms. The van der Waals surface area contributed by atoms with Crippen molar-refractivity contribution in [3.8, 4) is 0 Å². The highest BCUT2D eigenvalue weighted by molar-refractivity contribution is 8.04. The molecule has 0 aromatic heterocycles. The van der Waals surface area contributed by atoms with E-state index in [0.29, 0.717) is 11.3 Å². The minimum absolute atomic E-state index is 0.154. The number of allylic oxidation sites excluding steroid dienone is 1. The van der Waals surface area contributed by atoms with Gasteiger partial charge in [0.15, 0.2) is 0 Å². The van der Waals surface area contributed by atoms with E-state index in [1.807, 2.05) is 67.6 Å². The van der Waals surface area contributed by atoms with Gasteiger partial charge in [0, 0.05) is 22.9 Å². The summed E-state index contributed by atoms with van der Waals surface area (Å²) in [5.41, 5.74) is 1.90. The van der Waals surface area contributed by atoms with Crippen molar-refractivity contribution in [2.75, 3.05) is 5.32 Å². The van der Waals surface area contributed by atoms with Crippen LogP contribution in [-0.2, 0) is 9.59 Å². The molecule has 1 N–H and O–H groups in total. The second-order valence-corrected chi connectivity index (χ2v) is 7.70. The third-order valence-corrected chi connectivity index (χ3v) is 5.51. The number of rotatable bonds is 5. The van der Waals surface area contributed by atoms with Gasteiger partial charge in [0.2, 0.25) is 0 Å². The molecule has 3 nitrogen and oxygen atoms in total. The van der Waals surface area contributed by atoms with Crippen molar-refractivity contribution in [2.24, 2.45) is 5.92 Å². The predicted molar refractivity (Wildman–Crippen MR) is 107 cm³/mol. The summed E-state index contributed by atoms with van der Waals surface area (Å²) in [6.45, 7) is 2.01. The van der Waals surface area contributed by atoms with E-state index in [1.165, 1.54) is 11.8 Å². The van der Waals surface area contributed by atoms with Crippen LogP contribution >= 0.6 is 11.8 Å². The molecule has 0 aliphatic heterocycles. The van der Waals surface area contributed by atoms with E-state index in [1.54, 1.807) is 0 Å². The van der Waals surface area contributed by atoms with Gasteiger partial charge in [-0.15, -0.1) is 0 Å². The molecule has 0 bridgehead atoms. The Morgan fingerprint density at radius 1 is 1.08 bits per heavy atom. The zero-order valence-corrected chi connectivity index (χ0v) is 15.7. The number of hydrogen-bond donors (Lipinski definition) is 1. The Bertz CT molecular complexity index is 797. The standard InChI is InChI=1S/C22H23NO2S/c1-16-11-13-18(14-12-16)23-22(25)21(26-19-8-3-2-4-9-19)15-17-7-5-6-10-20(17)24/h2-4,8-9,11-15,17H,5-7,10H2,1H3,(H,23,25)/b21-15-. The number of ketones is 1. The molecule has 0 radical (unpaired) electrons. The van der Waals surface area contributed by atoms with Crippen molar-refractivity contribution < 1.29 is 9.59 Å². The van der Waals surface area contributed by atoms with E-state index in [0.717, 1.165) is 35.4 Å². The molecule has 4 heteroatoms. The van der Waals surface area contributed by atoms with Gasteiger partial charge in [-0.2, -0.15) is 0 Å². The topological polar surface area (TPSA) is 46.2 Å². The molecule has 1 aliphatic rings. The summed E-state index contributed by atoms with van der Waals surface area (Å²) < 4.78 is 0. The molecule has 1 saturated carbocycles. The van der Waals surface area contributed by atoms with Crippen LogP contribution in [0.4, 0.5) is 5.69 Å². The first kappa shape index (κ1) is 18.5. The van der Waals surface area contributed by atoms with Crippen LogP contribution in [-0.4, -0.2) is 11.7 Å². The van der Waals surface area contributed by atoms with Gasteiger partial charge in [0.05, 0.1) is 4.91 Å². The van der Waals surface area contributed by atoms with Crippen molar-refractivity contribution in [1.82, 2.24) is 0 Å². The van der Waals surface area contributed by atoms with Crippen molar-refractivity contribution in [3.05, 3.63) is 71.1 Å². The largest absolute Gasteiger partial charge is 0.322 e. The Kier molecular flexibility index (Phi) is 6.29. The first-order valence-electron chi connectivity index (χ1n) is 8.97. The first-order valence-corrected chi connectivity index (χ1v) is 9.79. The van der Waals surface area contributed by atoms with Crippen molar-refractivity contribution >= 4 is 29.1 Å². The molecule has 0 heterocycles. The Hall–Kier alpha value is -2.33. The maximum absolute atomic E-state index is 12.9. The van der Waals surface area contributed by atoms with Crippen LogP contribution in [0.5, 0.6) is 0 Å². The van der Waals surface area contributed by atoms with Gasteiger partial charge >= 0.3 is 0 Å². The number of carbonyl (C=O) groups is 2. The van der Waals surface area contributed by atoms with E-state index in [-0.39, 0.29) is 17.6 Å². The van der Waals surface area contributed by atoms with Crippen LogP contribution in [0, 0.1) is 12.8 Å². The summed E-state index contributed by atoms with van der Waals surface area (Å²) in [6.07, 6.45) is 5.30. The molecule has 2 aromatic carbocycles. The van der Waals surface area contributed by atoms with Crippen molar-refractivity contribution in [2.45, 2.75) is 37.5 Å². The molecule has 1 unspecified atom stereocenters. The highest BCUT2D eigenvalue weighted by atomic mass is 32.2. The van der Waals surface area contributed by atoms with Gasteiger partial charge in [-0.1, -0.05) is 60.2 Å². The zero-order valence-electron chi connectivity index (χ0n) is 14.9. The van der Waals surface area contributed by atoms with Crippen LogP contribution in [0.1, 0.15) is 31.2 Å². The lowest BCUT2D eigenvalue weighted by atomic mass is 9.88. The molecule has 1 atom stereocenters. The van der Waals surface area contributed by atoms with Crippen LogP contribution < -0.4 is 5.32 Å². The van der Waals surface area contributed by atoms with Crippen molar-refractivity contribution in [1.29, 1.82) is 0 Å². The number of benzene rings is 2. The molecule has 0 saturated heterocycles. The lowest BCUT2D eigenvalue weighted by Gasteiger charge is -2.18. The second-order valence-electron chi connectivity index (χ2n) is 6.58. The smallest absolute Gasteiger partial charge is 0.262 e. The molecular weight excluding hydrogens is 342 g/mol. The fraction of sp³-hybridized carbons (Fsp3) is 0.273. The van der Waals surface area contributed by atoms with Crippen LogP contribution in [0.2, 0.25) is 0 Å². The summed E-state index contributed by atoms with van der Waals surface area (Å²) in [6, 6.07) is 17.5. The van der Waals surface area contributed by atoms with Crippen LogP contribution in [0.3, 0.4) is 0 Å². The number of carbonyl (C=O) groups excluding carboxylic acids is 2. The predicted octanol–water partition coefficient (Wildman–Crippen LogP) is 5.37. The fourth-order valence-corrected chi connectivity index (χ4v) is 3.89. The molecule has 1 aliphatic carbocycles. The van der Waals surface area contributed by atoms with Crippen LogP contribution in [0.25, 0.3) is 0 Å². The molecule has 1 amide bonds. The number of amides is 1.